The molecule has 0 aromatic heterocycles. The van der Waals surface area contributed by atoms with Crippen LogP contribution in [0.15, 0.2) is 24.3 Å². The van der Waals surface area contributed by atoms with Crippen molar-refractivity contribution in [3.63, 3.8) is 0 Å². The molecule has 0 amide bonds. The van der Waals surface area contributed by atoms with Crippen molar-refractivity contribution in [2.24, 2.45) is 11.8 Å². The highest BCUT2D eigenvalue weighted by molar-refractivity contribution is 6.30. The fourth-order valence-electron chi connectivity index (χ4n) is 3.51. The lowest BCUT2D eigenvalue weighted by Crippen LogP contribution is -2.15. The van der Waals surface area contributed by atoms with E-state index in [1.807, 2.05) is 12.1 Å². The second kappa shape index (κ2) is 8.72. The van der Waals surface area contributed by atoms with Crippen molar-refractivity contribution in [1.29, 1.82) is 0 Å². The van der Waals surface area contributed by atoms with E-state index in [-0.39, 0.29) is 0 Å². The topological polar surface area (TPSA) is 0 Å². The highest BCUT2D eigenvalue weighted by atomic mass is 35.5. The zero-order chi connectivity index (χ0) is 14.2. The summed E-state index contributed by atoms with van der Waals surface area (Å²) in [6, 6.07) is 8.39. The van der Waals surface area contributed by atoms with Crippen LogP contribution in [0.4, 0.5) is 0 Å². The van der Waals surface area contributed by atoms with Crippen molar-refractivity contribution >= 4 is 11.6 Å². The molecule has 1 aliphatic carbocycles. The maximum Gasteiger partial charge on any atom is 0.0406 e. The van der Waals surface area contributed by atoms with Crippen molar-refractivity contribution in [3.05, 3.63) is 34.9 Å². The van der Waals surface area contributed by atoms with Gasteiger partial charge >= 0.3 is 0 Å². The van der Waals surface area contributed by atoms with Crippen molar-refractivity contribution < 1.29 is 0 Å². The van der Waals surface area contributed by atoms with E-state index in [1.165, 1.54) is 69.8 Å². The van der Waals surface area contributed by atoms with Gasteiger partial charge in [-0.2, -0.15) is 0 Å². The Labute approximate surface area is 129 Å². The van der Waals surface area contributed by atoms with E-state index in [9.17, 15) is 0 Å². The molecule has 0 heterocycles. The van der Waals surface area contributed by atoms with Crippen molar-refractivity contribution in [2.45, 2.75) is 71.1 Å². The van der Waals surface area contributed by atoms with Crippen LogP contribution in [0, 0.1) is 11.8 Å². The molecule has 1 saturated carbocycles. The SMILES string of the molecule is CCCCC[C@H]1CC[C@H](CCc2ccc(Cl)cc2)CC1. The van der Waals surface area contributed by atoms with Crippen LogP contribution in [0.2, 0.25) is 5.02 Å². The maximum absolute atomic E-state index is 5.93. The van der Waals surface area contributed by atoms with Gasteiger partial charge in [0, 0.05) is 5.02 Å². The minimum Gasteiger partial charge on any atom is -0.0843 e. The molecule has 1 heteroatoms. The van der Waals surface area contributed by atoms with Gasteiger partial charge in [-0.3, -0.25) is 0 Å². The van der Waals surface area contributed by atoms with E-state index in [0.717, 1.165) is 16.9 Å². The Hall–Kier alpha value is -0.490. The van der Waals surface area contributed by atoms with Gasteiger partial charge in [-0.15, -0.1) is 0 Å². The third kappa shape index (κ3) is 5.48. The van der Waals surface area contributed by atoms with Crippen molar-refractivity contribution in [2.75, 3.05) is 0 Å². The molecule has 0 radical (unpaired) electrons. The van der Waals surface area contributed by atoms with Crippen LogP contribution >= 0.6 is 11.6 Å². The molecular formula is C19H29Cl. The fraction of sp³-hybridized carbons (Fsp3) is 0.684. The standard InChI is InChI=1S/C19H29Cl/c1-2-3-4-5-16-6-8-17(9-7-16)10-11-18-12-14-19(20)15-13-18/h12-17H,2-11H2,1H3/t16-,17-. The molecule has 0 spiro atoms. The first kappa shape index (κ1) is 15.9. The molecule has 0 aliphatic heterocycles. The summed E-state index contributed by atoms with van der Waals surface area (Å²) in [5.74, 6) is 2.00. The number of hydrogen-bond donors (Lipinski definition) is 0. The van der Waals surface area contributed by atoms with Crippen molar-refractivity contribution in [3.8, 4) is 0 Å². The monoisotopic (exact) mass is 292 g/mol. The molecular weight excluding hydrogens is 264 g/mol. The second-order valence-electron chi connectivity index (χ2n) is 6.55. The number of benzene rings is 1. The molecule has 1 fully saturated rings. The van der Waals surface area contributed by atoms with E-state index in [0.29, 0.717) is 0 Å². The Bertz CT molecular complexity index is 360. The fourth-order valence-corrected chi connectivity index (χ4v) is 3.64. The first-order chi connectivity index (χ1) is 9.78. The minimum atomic E-state index is 0.848. The summed E-state index contributed by atoms with van der Waals surface area (Å²) in [7, 11) is 0. The zero-order valence-corrected chi connectivity index (χ0v) is 13.7. The first-order valence-electron chi connectivity index (χ1n) is 8.52. The maximum atomic E-state index is 5.93. The predicted octanol–water partition coefficient (Wildman–Crippen LogP) is 6.66. The molecule has 112 valence electrons. The summed E-state index contributed by atoms with van der Waals surface area (Å²) in [5.41, 5.74) is 1.44. The highest BCUT2D eigenvalue weighted by Crippen LogP contribution is 2.34. The lowest BCUT2D eigenvalue weighted by molar-refractivity contribution is 0.249. The van der Waals surface area contributed by atoms with E-state index in [4.69, 9.17) is 11.6 Å². The van der Waals surface area contributed by atoms with Crippen LogP contribution in [0.3, 0.4) is 0 Å². The van der Waals surface area contributed by atoms with E-state index >= 15 is 0 Å². The lowest BCUT2D eigenvalue weighted by Gasteiger charge is -2.28. The molecule has 0 bridgehead atoms. The van der Waals surface area contributed by atoms with Gasteiger partial charge in [-0.05, 0) is 42.4 Å². The van der Waals surface area contributed by atoms with E-state index in [1.54, 1.807) is 0 Å². The first-order valence-corrected chi connectivity index (χ1v) is 8.90. The third-order valence-corrected chi connectivity index (χ3v) is 5.19. The lowest BCUT2D eigenvalue weighted by atomic mass is 9.78. The molecule has 1 aromatic rings. The van der Waals surface area contributed by atoms with Crippen LogP contribution in [0.5, 0.6) is 0 Å². The van der Waals surface area contributed by atoms with Crippen LogP contribution < -0.4 is 0 Å². The Morgan fingerprint density at radius 1 is 0.900 bits per heavy atom. The number of hydrogen-bond acceptors (Lipinski definition) is 0. The molecule has 1 aromatic carbocycles. The molecule has 0 N–H and O–H groups in total. The van der Waals surface area contributed by atoms with Crippen molar-refractivity contribution in [1.82, 2.24) is 0 Å². The predicted molar refractivity (Wildman–Crippen MR) is 89.4 cm³/mol. The Morgan fingerprint density at radius 3 is 2.10 bits per heavy atom. The van der Waals surface area contributed by atoms with Crippen LogP contribution in [0.1, 0.15) is 70.3 Å². The summed E-state index contributed by atoms with van der Waals surface area (Å²) in [4.78, 5) is 0. The summed E-state index contributed by atoms with van der Waals surface area (Å²) in [6.07, 6.45) is 14.2. The van der Waals surface area contributed by atoms with Crippen LogP contribution in [-0.4, -0.2) is 0 Å². The summed E-state index contributed by atoms with van der Waals surface area (Å²) < 4.78 is 0. The zero-order valence-electron chi connectivity index (χ0n) is 12.9. The normalized spacial score (nSPS) is 22.9. The Kier molecular flexibility index (Phi) is 6.93. The summed E-state index contributed by atoms with van der Waals surface area (Å²) in [6.45, 7) is 2.30. The van der Waals surface area contributed by atoms with Crippen LogP contribution in [-0.2, 0) is 6.42 Å². The molecule has 0 saturated heterocycles. The summed E-state index contributed by atoms with van der Waals surface area (Å²) in [5, 5.41) is 0.848. The molecule has 20 heavy (non-hydrogen) atoms. The van der Waals surface area contributed by atoms with Gasteiger partial charge in [0.25, 0.3) is 0 Å². The van der Waals surface area contributed by atoms with Gasteiger partial charge < -0.3 is 0 Å². The Balaban J connectivity index is 1.63. The minimum absolute atomic E-state index is 0.848. The van der Waals surface area contributed by atoms with Gasteiger partial charge in [0.05, 0.1) is 0 Å². The van der Waals surface area contributed by atoms with Gasteiger partial charge in [0.15, 0.2) is 0 Å². The number of aryl methyl sites for hydroxylation is 1. The summed E-state index contributed by atoms with van der Waals surface area (Å²) >= 11 is 5.93. The average molecular weight is 293 g/mol. The number of unbranched alkanes of at least 4 members (excludes halogenated alkanes) is 2. The third-order valence-electron chi connectivity index (χ3n) is 4.94. The van der Waals surface area contributed by atoms with E-state index < -0.39 is 0 Å². The molecule has 0 unspecified atom stereocenters. The molecule has 0 nitrogen and oxygen atoms in total. The van der Waals surface area contributed by atoms with Gasteiger partial charge in [-0.1, -0.05) is 82.0 Å². The second-order valence-corrected chi connectivity index (χ2v) is 6.98. The van der Waals surface area contributed by atoms with Gasteiger partial charge in [0.1, 0.15) is 0 Å². The van der Waals surface area contributed by atoms with E-state index in [2.05, 4.69) is 19.1 Å². The Morgan fingerprint density at radius 2 is 1.50 bits per heavy atom. The number of rotatable bonds is 7. The van der Waals surface area contributed by atoms with Gasteiger partial charge in [-0.25, -0.2) is 0 Å². The van der Waals surface area contributed by atoms with Crippen LogP contribution in [0.25, 0.3) is 0 Å². The molecule has 0 atom stereocenters. The molecule has 2 rings (SSSR count). The largest absolute Gasteiger partial charge is 0.0843 e. The smallest absolute Gasteiger partial charge is 0.0406 e. The number of halogens is 1. The molecule has 1 aliphatic rings. The highest BCUT2D eigenvalue weighted by Gasteiger charge is 2.20. The quantitative estimate of drug-likeness (QED) is 0.493. The average Bonchev–Trinajstić information content (AvgIpc) is 2.48. The van der Waals surface area contributed by atoms with Gasteiger partial charge in [0.2, 0.25) is 0 Å².